The highest BCUT2D eigenvalue weighted by Crippen LogP contribution is 2.04. The molecule has 0 aromatic heterocycles. The molecule has 6 unspecified atom stereocenters. The Kier molecular flexibility index (Phi) is 22.1. The number of hydrogen-bond donors (Lipinski definition) is 14. The average molecular weight is 749 g/mol. The second kappa shape index (κ2) is 24.6. The summed E-state index contributed by atoms with van der Waals surface area (Å²) in [5.41, 5.74) is 16.0. The summed E-state index contributed by atoms with van der Waals surface area (Å²) in [5.74, 6) is -11.0. The molecular weight excluding hydrogens is 700 g/mol. The summed E-state index contributed by atoms with van der Waals surface area (Å²) in [6, 6.07) is -8.84. The van der Waals surface area contributed by atoms with Crippen molar-refractivity contribution in [1.29, 1.82) is 0 Å². The van der Waals surface area contributed by atoms with Crippen molar-refractivity contribution in [2.45, 2.75) is 81.7 Å². The van der Waals surface area contributed by atoms with Gasteiger partial charge in [-0.15, -0.1) is 0 Å². The van der Waals surface area contributed by atoms with Gasteiger partial charge in [-0.1, -0.05) is 0 Å². The third-order valence-corrected chi connectivity index (χ3v) is 6.81. The van der Waals surface area contributed by atoms with Gasteiger partial charge in [0, 0.05) is 6.42 Å². The average Bonchev–Trinajstić information content (AvgIpc) is 3.07. The number of hydrogen-bond acceptors (Lipinski definition) is 14. The van der Waals surface area contributed by atoms with Crippen molar-refractivity contribution < 1.29 is 68.4 Å². The number of primary amides is 1. The fourth-order valence-corrected chi connectivity index (χ4v) is 3.99. The molecule has 0 heterocycles. The zero-order valence-corrected chi connectivity index (χ0v) is 28.3. The molecule has 0 saturated carbocycles. The van der Waals surface area contributed by atoms with Crippen LogP contribution >= 0.6 is 0 Å². The first-order valence-corrected chi connectivity index (χ1v) is 15.8. The molecule has 0 aliphatic heterocycles. The smallest absolute Gasteiger partial charge is 0.326 e. The number of nitrogens with one attached hydrogen (secondary N) is 7. The van der Waals surface area contributed by atoms with Crippen LogP contribution in [0.15, 0.2) is 0 Å². The Morgan fingerprint density at radius 2 is 1.08 bits per heavy atom. The molecule has 8 amide bonds. The highest BCUT2D eigenvalue weighted by Gasteiger charge is 2.31. The minimum atomic E-state index is -1.75. The number of nitrogens with two attached hydrogens (primary N) is 3. The summed E-state index contributed by atoms with van der Waals surface area (Å²) in [6.45, 7) is -1.92. The van der Waals surface area contributed by atoms with E-state index in [9.17, 15) is 58.2 Å². The fraction of sp³-hybridized carbons (Fsp3) is 0.643. The van der Waals surface area contributed by atoms with Crippen molar-refractivity contribution in [2.24, 2.45) is 17.2 Å². The lowest BCUT2D eigenvalue weighted by Gasteiger charge is -2.24. The topological polar surface area (TPSA) is 414 Å². The normalized spacial score (nSPS) is 14.1. The first-order valence-electron chi connectivity index (χ1n) is 15.8. The third-order valence-electron chi connectivity index (χ3n) is 6.81. The van der Waals surface area contributed by atoms with E-state index in [0.29, 0.717) is 19.4 Å². The van der Waals surface area contributed by atoms with Crippen LogP contribution < -0.4 is 54.4 Å². The van der Waals surface area contributed by atoms with Gasteiger partial charge < -0.3 is 74.8 Å². The first kappa shape index (κ1) is 46.5. The Morgan fingerprint density at radius 3 is 1.58 bits per heavy atom. The summed E-state index contributed by atoms with van der Waals surface area (Å²) < 4.78 is 0. The zero-order valence-electron chi connectivity index (χ0n) is 28.3. The van der Waals surface area contributed by atoms with Crippen molar-refractivity contribution in [2.75, 3.05) is 32.8 Å². The van der Waals surface area contributed by atoms with E-state index in [1.165, 1.54) is 6.92 Å². The number of carboxylic acids is 2. The van der Waals surface area contributed by atoms with Crippen LogP contribution in [0.4, 0.5) is 0 Å². The number of aliphatic carboxylic acids is 2. The van der Waals surface area contributed by atoms with Crippen LogP contribution in [-0.2, 0) is 47.9 Å². The van der Waals surface area contributed by atoms with E-state index in [-0.39, 0.29) is 6.42 Å². The molecule has 0 aliphatic rings. The molecule has 0 radical (unpaired) electrons. The van der Waals surface area contributed by atoms with Crippen LogP contribution in [0.5, 0.6) is 0 Å². The molecule has 0 bridgehead atoms. The Labute approximate surface area is 296 Å². The van der Waals surface area contributed by atoms with Crippen LogP contribution in [0.25, 0.3) is 0 Å². The highest BCUT2D eigenvalue weighted by atomic mass is 16.4. The molecule has 6 atom stereocenters. The van der Waals surface area contributed by atoms with Crippen LogP contribution in [0.2, 0.25) is 0 Å². The van der Waals surface area contributed by atoms with Crippen molar-refractivity contribution in [3.63, 3.8) is 0 Å². The van der Waals surface area contributed by atoms with Crippen LogP contribution in [-0.4, -0.2) is 149 Å². The van der Waals surface area contributed by atoms with Gasteiger partial charge in [0.25, 0.3) is 0 Å². The standard InChI is InChI=1S/C28H48N10O14/c1-13(30)23(46)35-14(4-2-3-7-29)25(48)38-18(12-40)27(50)36-15(5-6-22(44)45)24(47)33-9-20(42)32-10-21(43)34-17(11-39)26(49)37-16(28(51)52)8-19(31)41/h13-18,39-40H,2-12,29-30H2,1H3,(H2,31,41)(H,32,42)(H,33,47)(H,34,43)(H,35,46)(H,36,50)(H,37,49)(H,38,48)(H,44,45)(H,51,52). The monoisotopic (exact) mass is 748 g/mol. The van der Waals surface area contributed by atoms with Gasteiger partial charge in [0.05, 0.1) is 38.8 Å². The molecule has 0 spiro atoms. The van der Waals surface area contributed by atoms with Crippen molar-refractivity contribution in [3.05, 3.63) is 0 Å². The molecule has 24 nitrogen and oxygen atoms in total. The Bertz CT molecular complexity index is 1300. The summed E-state index contributed by atoms with van der Waals surface area (Å²) in [6.07, 6.45) is -0.884. The van der Waals surface area contributed by atoms with Crippen molar-refractivity contribution in [1.82, 2.24) is 37.2 Å². The number of carbonyl (C=O) groups excluding carboxylic acids is 8. The van der Waals surface area contributed by atoms with E-state index < -0.39 is 141 Å². The van der Waals surface area contributed by atoms with Crippen molar-refractivity contribution in [3.8, 4) is 0 Å². The SMILES string of the molecule is CC(N)C(=O)NC(CCCCN)C(=O)NC(CO)C(=O)NC(CCC(=O)O)C(=O)NCC(=O)NCC(=O)NC(CO)C(=O)NC(CC(N)=O)C(=O)O. The zero-order chi connectivity index (χ0) is 40.0. The van der Waals surface area contributed by atoms with Gasteiger partial charge in [-0.05, 0) is 39.2 Å². The van der Waals surface area contributed by atoms with Gasteiger partial charge in [0.15, 0.2) is 0 Å². The molecule has 294 valence electrons. The van der Waals surface area contributed by atoms with Gasteiger partial charge in [-0.2, -0.15) is 0 Å². The van der Waals surface area contributed by atoms with E-state index >= 15 is 0 Å². The van der Waals surface area contributed by atoms with Gasteiger partial charge in [0.1, 0.15) is 30.2 Å². The Hall–Kier alpha value is -5.46. The number of unbranched alkanes of at least 4 members (excludes halogenated alkanes) is 1. The lowest BCUT2D eigenvalue weighted by molar-refractivity contribution is -0.144. The van der Waals surface area contributed by atoms with Crippen LogP contribution in [0.1, 0.15) is 45.4 Å². The summed E-state index contributed by atoms with van der Waals surface area (Å²) >= 11 is 0. The predicted octanol–water partition coefficient (Wildman–Crippen LogP) is -8.07. The number of aliphatic hydroxyl groups is 2. The second-order valence-corrected chi connectivity index (χ2v) is 11.2. The quantitative estimate of drug-likeness (QED) is 0.0365. The summed E-state index contributed by atoms with van der Waals surface area (Å²) in [7, 11) is 0. The molecule has 52 heavy (non-hydrogen) atoms. The molecule has 0 fully saturated rings. The third kappa shape index (κ3) is 19.1. The van der Waals surface area contributed by atoms with E-state index in [4.69, 9.17) is 27.4 Å². The molecule has 0 aromatic carbocycles. The van der Waals surface area contributed by atoms with E-state index in [2.05, 4.69) is 26.6 Å². The second-order valence-electron chi connectivity index (χ2n) is 11.2. The number of carbonyl (C=O) groups is 10. The minimum Gasteiger partial charge on any atom is -0.481 e. The fourth-order valence-electron chi connectivity index (χ4n) is 3.99. The predicted molar refractivity (Wildman–Crippen MR) is 175 cm³/mol. The molecule has 0 rings (SSSR count). The molecule has 0 saturated heterocycles. The molecule has 0 aromatic rings. The summed E-state index contributed by atoms with van der Waals surface area (Å²) in [4.78, 5) is 121. The lowest BCUT2D eigenvalue weighted by atomic mass is 10.1. The number of rotatable bonds is 26. The van der Waals surface area contributed by atoms with E-state index in [0.717, 1.165) is 0 Å². The maximum Gasteiger partial charge on any atom is 0.326 e. The lowest BCUT2D eigenvalue weighted by Crippen LogP contribution is -2.59. The number of aliphatic hydroxyl groups excluding tert-OH is 2. The first-order chi connectivity index (χ1) is 24.4. The molecule has 17 N–H and O–H groups in total. The van der Waals surface area contributed by atoms with Crippen LogP contribution in [0, 0.1) is 0 Å². The maximum atomic E-state index is 12.9. The highest BCUT2D eigenvalue weighted by molar-refractivity contribution is 5.96. The molecule has 24 heteroatoms. The van der Waals surface area contributed by atoms with E-state index in [1.807, 2.05) is 10.6 Å². The van der Waals surface area contributed by atoms with E-state index in [1.54, 1.807) is 0 Å². The Balaban J connectivity index is 5.34. The molecule has 0 aliphatic carbocycles. The maximum absolute atomic E-state index is 12.9. The summed E-state index contributed by atoms with van der Waals surface area (Å²) in [5, 5.41) is 52.4. The molecular formula is C28H48N10O14. The van der Waals surface area contributed by atoms with Gasteiger partial charge >= 0.3 is 11.9 Å². The van der Waals surface area contributed by atoms with Gasteiger partial charge in [0.2, 0.25) is 47.3 Å². The van der Waals surface area contributed by atoms with Gasteiger partial charge in [-0.25, -0.2) is 4.79 Å². The number of amides is 8. The van der Waals surface area contributed by atoms with Gasteiger partial charge in [-0.3, -0.25) is 43.2 Å². The van der Waals surface area contributed by atoms with Crippen LogP contribution in [0.3, 0.4) is 0 Å². The largest absolute Gasteiger partial charge is 0.481 e. The number of carboxylic acid groups (broad SMARTS) is 2. The minimum absolute atomic E-state index is 0.109. The Morgan fingerprint density at radius 1 is 0.596 bits per heavy atom. The van der Waals surface area contributed by atoms with Crippen molar-refractivity contribution >= 4 is 59.2 Å².